The van der Waals surface area contributed by atoms with Gasteiger partial charge in [0.05, 0.1) is 30.2 Å². The molecule has 0 radical (unpaired) electrons. The van der Waals surface area contributed by atoms with Gasteiger partial charge in [-0.3, -0.25) is 14.6 Å². The van der Waals surface area contributed by atoms with Gasteiger partial charge in [0.25, 0.3) is 11.8 Å². The maximum absolute atomic E-state index is 13.3. The minimum Gasteiger partial charge on any atom is -0.378 e. The molecule has 2 aromatic rings. The van der Waals surface area contributed by atoms with E-state index in [0.717, 1.165) is 25.2 Å². The number of ether oxygens (including phenoxy) is 1. The normalized spacial score (nSPS) is 18.6. The van der Waals surface area contributed by atoms with Crippen LogP contribution in [0.15, 0.2) is 42.7 Å². The minimum absolute atomic E-state index is 0.0435. The van der Waals surface area contributed by atoms with Gasteiger partial charge in [0.1, 0.15) is 0 Å². The molecule has 0 unspecified atom stereocenters. The molecule has 0 atom stereocenters. The summed E-state index contributed by atoms with van der Waals surface area (Å²) in [5, 5.41) is 6.34. The first-order valence-electron chi connectivity index (χ1n) is 13.3. The zero-order valence-corrected chi connectivity index (χ0v) is 21.6. The van der Waals surface area contributed by atoms with Crippen LogP contribution in [-0.2, 0) is 4.74 Å². The number of nitrogens with one attached hydrogen (secondary N) is 2. The molecule has 0 bridgehead atoms. The number of carbonyl (C=O) groups is 3. The number of hydrogen-bond donors (Lipinski definition) is 2. The molecule has 3 saturated heterocycles. The van der Waals surface area contributed by atoms with E-state index in [0.29, 0.717) is 82.4 Å². The number of hydrogen-bond acceptors (Lipinski definition) is 7. The summed E-state index contributed by atoms with van der Waals surface area (Å²) in [4.78, 5) is 51.1. The number of aromatic nitrogens is 1. The summed E-state index contributed by atoms with van der Waals surface area (Å²) in [7, 11) is 0. The highest BCUT2D eigenvalue weighted by Crippen LogP contribution is 2.30. The molecule has 0 aliphatic carbocycles. The van der Waals surface area contributed by atoms with E-state index in [1.807, 2.05) is 26.8 Å². The predicted molar refractivity (Wildman–Crippen MR) is 144 cm³/mol. The summed E-state index contributed by atoms with van der Waals surface area (Å²) < 4.78 is 5.37. The number of urea groups is 1. The van der Waals surface area contributed by atoms with Crippen LogP contribution in [-0.4, -0.2) is 116 Å². The van der Waals surface area contributed by atoms with Crippen LogP contribution in [0.4, 0.5) is 16.2 Å². The van der Waals surface area contributed by atoms with Crippen molar-refractivity contribution in [2.45, 2.75) is 6.42 Å². The number of carbonyl (C=O) groups excluding carboxylic acids is 3. The lowest BCUT2D eigenvalue weighted by atomic mass is 10.1. The summed E-state index contributed by atoms with van der Waals surface area (Å²) >= 11 is 0. The van der Waals surface area contributed by atoms with E-state index in [1.54, 1.807) is 24.4 Å². The Bertz CT molecular complexity index is 1120. The molecule has 202 valence electrons. The van der Waals surface area contributed by atoms with Gasteiger partial charge in [0.15, 0.2) is 0 Å². The first-order valence-corrected chi connectivity index (χ1v) is 13.3. The maximum Gasteiger partial charge on any atom is 0.320 e. The average molecular weight is 522 g/mol. The highest BCUT2D eigenvalue weighted by Gasteiger charge is 2.28. The molecule has 3 aliphatic heterocycles. The van der Waals surface area contributed by atoms with Crippen molar-refractivity contribution < 1.29 is 19.1 Å². The lowest BCUT2D eigenvalue weighted by molar-refractivity contribution is 0.0428. The largest absolute Gasteiger partial charge is 0.378 e. The third-order valence-electron chi connectivity index (χ3n) is 7.22. The number of benzene rings is 1. The van der Waals surface area contributed by atoms with Crippen molar-refractivity contribution in [3.63, 3.8) is 0 Å². The zero-order chi connectivity index (χ0) is 26.3. The van der Waals surface area contributed by atoms with Gasteiger partial charge in [-0.2, -0.15) is 0 Å². The van der Waals surface area contributed by atoms with Gasteiger partial charge < -0.3 is 35.0 Å². The summed E-state index contributed by atoms with van der Waals surface area (Å²) in [6.45, 7) is 7.79. The number of pyridine rings is 1. The van der Waals surface area contributed by atoms with Gasteiger partial charge >= 0.3 is 6.03 Å². The molecule has 3 aliphatic rings. The minimum atomic E-state index is -0.288. The van der Waals surface area contributed by atoms with Crippen molar-refractivity contribution in [1.82, 2.24) is 25.0 Å². The van der Waals surface area contributed by atoms with Gasteiger partial charge in [-0.1, -0.05) is 0 Å². The van der Waals surface area contributed by atoms with Gasteiger partial charge in [-0.05, 0) is 43.3 Å². The fourth-order valence-corrected chi connectivity index (χ4v) is 5.06. The van der Waals surface area contributed by atoms with Crippen LogP contribution in [0.1, 0.15) is 27.1 Å². The second kappa shape index (κ2) is 12.2. The number of piperazine rings is 1. The second-order valence-corrected chi connectivity index (χ2v) is 9.68. The Balaban J connectivity index is 1.34. The third kappa shape index (κ3) is 6.05. The van der Waals surface area contributed by atoms with Crippen LogP contribution in [0, 0.1) is 0 Å². The van der Waals surface area contributed by atoms with E-state index in [-0.39, 0.29) is 17.8 Å². The Morgan fingerprint density at radius 3 is 2.39 bits per heavy atom. The van der Waals surface area contributed by atoms with Crippen LogP contribution in [0.25, 0.3) is 0 Å². The van der Waals surface area contributed by atoms with Crippen LogP contribution in [0.3, 0.4) is 0 Å². The molecule has 38 heavy (non-hydrogen) atoms. The number of rotatable bonds is 4. The van der Waals surface area contributed by atoms with E-state index in [4.69, 9.17) is 4.74 Å². The lowest BCUT2D eigenvalue weighted by Gasteiger charge is -2.39. The first-order chi connectivity index (χ1) is 18.6. The van der Waals surface area contributed by atoms with E-state index in [1.165, 1.54) is 6.20 Å². The van der Waals surface area contributed by atoms with Crippen molar-refractivity contribution in [2.24, 2.45) is 0 Å². The topological polar surface area (TPSA) is 110 Å². The Hall–Kier alpha value is -3.70. The zero-order valence-electron chi connectivity index (χ0n) is 21.6. The molecule has 0 spiro atoms. The van der Waals surface area contributed by atoms with Crippen molar-refractivity contribution in [1.29, 1.82) is 0 Å². The number of nitrogens with zero attached hydrogens (tertiary/aromatic N) is 5. The van der Waals surface area contributed by atoms with Crippen molar-refractivity contribution >= 4 is 29.2 Å². The highest BCUT2D eigenvalue weighted by molar-refractivity contribution is 6.07. The molecule has 4 heterocycles. The standard InChI is InChI=1S/C27H35N7O4/c35-25(22-3-1-6-29-20-22)30-23-19-21(26(36)32-9-2-7-28-8-10-32)4-5-24(23)31-11-13-33(14-12-31)27(37)34-15-17-38-18-16-34/h1,3-6,19-20,28H,2,7-18H2,(H,30,35). The van der Waals surface area contributed by atoms with Crippen molar-refractivity contribution in [3.05, 3.63) is 53.9 Å². The Morgan fingerprint density at radius 1 is 0.842 bits per heavy atom. The summed E-state index contributed by atoms with van der Waals surface area (Å²) in [5.74, 6) is -0.331. The van der Waals surface area contributed by atoms with Crippen LogP contribution in [0.2, 0.25) is 0 Å². The van der Waals surface area contributed by atoms with Crippen LogP contribution in [0.5, 0.6) is 0 Å². The molecule has 0 saturated carbocycles. The molecule has 3 fully saturated rings. The van der Waals surface area contributed by atoms with Crippen LogP contribution >= 0.6 is 0 Å². The first kappa shape index (κ1) is 25.9. The fraction of sp³-hybridized carbons (Fsp3) is 0.481. The SMILES string of the molecule is O=C(Nc1cc(C(=O)N2CCCNCC2)ccc1N1CCN(C(=O)N2CCOCC2)CC1)c1cccnc1. The van der Waals surface area contributed by atoms with Gasteiger partial charge in [0.2, 0.25) is 0 Å². The monoisotopic (exact) mass is 521 g/mol. The molecule has 5 rings (SSSR count). The van der Waals surface area contributed by atoms with Crippen LogP contribution < -0.4 is 15.5 Å². The molecule has 11 heteroatoms. The molecule has 1 aromatic heterocycles. The smallest absolute Gasteiger partial charge is 0.320 e. The summed E-state index contributed by atoms with van der Waals surface area (Å²) in [5.41, 5.74) is 2.38. The van der Waals surface area contributed by atoms with Crippen molar-refractivity contribution in [2.75, 3.05) is 88.9 Å². The molecular formula is C27H35N7O4. The molecule has 11 nitrogen and oxygen atoms in total. The Labute approximate surface area is 222 Å². The number of amides is 4. The number of anilines is 2. The van der Waals surface area contributed by atoms with E-state index >= 15 is 0 Å². The predicted octanol–water partition coefficient (Wildman–Crippen LogP) is 1.34. The van der Waals surface area contributed by atoms with Gasteiger partial charge in [-0.15, -0.1) is 0 Å². The average Bonchev–Trinajstić information content (AvgIpc) is 3.27. The van der Waals surface area contributed by atoms with E-state index in [9.17, 15) is 14.4 Å². The van der Waals surface area contributed by atoms with E-state index in [2.05, 4.69) is 20.5 Å². The second-order valence-electron chi connectivity index (χ2n) is 9.68. The molecule has 4 amide bonds. The Morgan fingerprint density at radius 2 is 1.63 bits per heavy atom. The maximum atomic E-state index is 13.3. The molecular weight excluding hydrogens is 486 g/mol. The quantitative estimate of drug-likeness (QED) is 0.625. The lowest BCUT2D eigenvalue weighted by Crippen LogP contribution is -2.54. The van der Waals surface area contributed by atoms with Crippen molar-refractivity contribution in [3.8, 4) is 0 Å². The van der Waals surface area contributed by atoms with E-state index < -0.39 is 0 Å². The van der Waals surface area contributed by atoms with Gasteiger partial charge in [-0.25, -0.2) is 4.79 Å². The Kier molecular flexibility index (Phi) is 8.34. The third-order valence-corrected chi connectivity index (χ3v) is 7.22. The van der Waals surface area contributed by atoms with Gasteiger partial charge in [0, 0.05) is 76.9 Å². The fourth-order valence-electron chi connectivity index (χ4n) is 5.06. The molecule has 2 N–H and O–H groups in total. The summed E-state index contributed by atoms with van der Waals surface area (Å²) in [6.07, 6.45) is 4.04. The highest BCUT2D eigenvalue weighted by atomic mass is 16.5. The number of morpholine rings is 1. The molecule has 1 aromatic carbocycles. The summed E-state index contributed by atoms with van der Waals surface area (Å²) in [6, 6.07) is 8.98.